The second kappa shape index (κ2) is 5.49. The van der Waals surface area contributed by atoms with Gasteiger partial charge in [0.1, 0.15) is 12.5 Å². The third kappa shape index (κ3) is 2.71. The van der Waals surface area contributed by atoms with Crippen molar-refractivity contribution in [2.24, 2.45) is 0 Å². The van der Waals surface area contributed by atoms with Gasteiger partial charge in [0.05, 0.1) is 5.69 Å². The molecule has 3 nitrogen and oxygen atoms in total. The lowest BCUT2D eigenvalue weighted by Crippen LogP contribution is -2.42. The van der Waals surface area contributed by atoms with Gasteiger partial charge in [0.25, 0.3) is 0 Å². The Kier molecular flexibility index (Phi) is 4.57. The first-order chi connectivity index (χ1) is 7.11. The van der Waals surface area contributed by atoms with E-state index in [1.807, 2.05) is 13.8 Å². The normalized spacial score (nSPS) is 15.0. The molecule has 0 aliphatic heterocycles. The van der Waals surface area contributed by atoms with E-state index in [1.54, 1.807) is 25.6 Å². The number of aryl methyl sites for hydroxylation is 1. The number of methoxy groups -OCH3 is 2. The number of hydrogen-bond donors (Lipinski definition) is 0. The van der Waals surface area contributed by atoms with Crippen molar-refractivity contribution >= 4 is 17.0 Å². The van der Waals surface area contributed by atoms with Crippen molar-refractivity contribution in [2.45, 2.75) is 33.2 Å². The lowest BCUT2D eigenvalue weighted by molar-refractivity contribution is 0.0427. The summed E-state index contributed by atoms with van der Waals surface area (Å²) in [4.78, 5) is 3.41. The zero-order valence-electron chi connectivity index (χ0n) is 9.98. The highest BCUT2D eigenvalue weighted by molar-refractivity contribution is 7.10. The van der Waals surface area contributed by atoms with Gasteiger partial charge in [-0.05, 0) is 32.2 Å². The average molecular weight is 229 g/mol. The van der Waals surface area contributed by atoms with E-state index in [0.717, 1.165) is 0 Å². The predicted octanol–water partition coefficient (Wildman–Crippen LogP) is 2.85. The van der Waals surface area contributed by atoms with Crippen LogP contribution in [0, 0.1) is 6.92 Å². The molecule has 4 heteroatoms. The number of nitrogens with zero attached hydrogens (tertiary/aromatic N) is 1. The van der Waals surface area contributed by atoms with Crippen molar-refractivity contribution < 1.29 is 9.47 Å². The first-order valence-electron chi connectivity index (χ1n) is 4.99. The van der Waals surface area contributed by atoms with Gasteiger partial charge in [0.2, 0.25) is 0 Å². The highest BCUT2D eigenvalue weighted by Gasteiger charge is 2.21. The molecule has 0 fully saturated rings. The number of rotatable bonds is 5. The summed E-state index contributed by atoms with van der Waals surface area (Å²) in [5.74, 6) is 0. The van der Waals surface area contributed by atoms with Crippen LogP contribution < -0.4 is 4.90 Å². The van der Waals surface area contributed by atoms with Crippen molar-refractivity contribution in [3.8, 4) is 0 Å². The Hall–Kier alpha value is -0.580. The summed E-state index contributed by atoms with van der Waals surface area (Å²) in [5, 5.41) is 2.09. The van der Waals surface area contributed by atoms with Crippen molar-refractivity contribution in [2.75, 3.05) is 19.1 Å². The fourth-order valence-corrected chi connectivity index (χ4v) is 2.26. The maximum atomic E-state index is 5.36. The molecule has 0 spiro atoms. The van der Waals surface area contributed by atoms with Gasteiger partial charge in [0.15, 0.2) is 0 Å². The number of thiophene rings is 1. The van der Waals surface area contributed by atoms with Gasteiger partial charge in [-0.15, -0.1) is 11.3 Å². The third-order valence-corrected chi connectivity index (χ3v) is 3.41. The van der Waals surface area contributed by atoms with Gasteiger partial charge >= 0.3 is 0 Å². The summed E-state index contributed by atoms with van der Waals surface area (Å²) in [6.07, 6.45) is 0.0153. The standard InChI is InChI=1S/C11H19NO2S/c1-8-11(6-7-15-8)12(9(2)13-4)10(3)14-5/h6-7,9-10H,1-5H3. The molecule has 0 saturated carbocycles. The van der Waals surface area contributed by atoms with Gasteiger partial charge < -0.3 is 14.4 Å². The molecule has 1 rings (SSSR count). The highest BCUT2D eigenvalue weighted by atomic mass is 32.1. The highest BCUT2D eigenvalue weighted by Crippen LogP contribution is 2.28. The van der Waals surface area contributed by atoms with Crippen LogP contribution in [-0.2, 0) is 9.47 Å². The van der Waals surface area contributed by atoms with Crippen LogP contribution in [0.1, 0.15) is 18.7 Å². The van der Waals surface area contributed by atoms with Gasteiger partial charge in [-0.25, -0.2) is 0 Å². The van der Waals surface area contributed by atoms with Crippen LogP contribution in [-0.4, -0.2) is 26.7 Å². The monoisotopic (exact) mass is 229 g/mol. The van der Waals surface area contributed by atoms with Gasteiger partial charge in [-0.2, -0.15) is 0 Å². The molecular weight excluding hydrogens is 210 g/mol. The Bertz CT molecular complexity index is 291. The molecule has 86 valence electrons. The molecule has 0 saturated heterocycles. The second-order valence-corrected chi connectivity index (χ2v) is 4.56. The summed E-state index contributed by atoms with van der Waals surface area (Å²) < 4.78 is 10.7. The van der Waals surface area contributed by atoms with E-state index in [4.69, 9.17) is 9.47 Å². The molecule has 0 N–H and O–H groups in total. The minimum atomic E-state index is 0.00764. The van der Waals surface area contributed by atoms with Crippen molar-refractivity contribution in [1.29, 1.82) is 0 Å². The maximum absolute atomic E-state index is 5.36. The van der Waals surface area contributed by atoms with E-state index in [1.165, 1.54) is 10.6 Å². The molecule has 2 unspecified atom stereocenters. The lowest BCUT2D eigenvalue weighted by atomic mass is 10.3. The van der Waals surface area contributed by atoms with Crippen LogP contribution in [0.25, 0.3) is 0 Å². The summed E-state index contributed by atoms with van der Waals surface area (Å²) in [6, 6.07) is 2.10. The third-order valence-electron chi connectivity index (χ3n) is 2.58. The van der Waals surface area contributed by atoms with Gasteiger partial charge in [-0.3, -0.25) is 0 Å². The molecule has 0 aliphatic rings. The van der Waals surface area contributed by atoms with Gasteiger partial charge in [-0.1, -0.05) is 0 Å². The van der Waals surface area contributed by atoms with E-state index in [-0.39, 0.29) is 12.5 Å². The molecule has 15 heavy (non-hydrogen) atoms. The number of hydrogen-bond acceptors (Lipinski definition) is 4. The van der Waals surface area contributed by atoms with Crippen LogP contribution >= 0.6 is 11.3 Å². The van der Waals surface area contributed by atoms with Crippen LogP contribution in [0.4, 0.5) is 5.69 Å². The zero-order valence-corrected chi connectivity index (χ0v) is 10.8. The Labute approximate surface area is 95.6 Å². The smallest absolute Gasteiger partial charge is 0.129 e. The van der Waals surface area contributed by atoms with E-state index in [2.05, 4.69) is 23.3 Å². The molecule has 0 aliphatic carbocycles. The Balaban J connectivity index is 2.96. The molecule has 0 amide bonds. The first-order valence-corrected chi connectivity index (χ1v) is 5.87. The van der Waals surface area contributed by atoms with Crippen LogP contribution in [0.2, 0.25) is 0 Å². The number of anilines is 1. The van der Waals surface area contributed by atoms with Crippen molar-refractivity contribution in [3.63, 3.8) is 0 Å². The Morgan fingerprint density at radius 2 is 1.73 bits per heavy atom. The maximum Gasteiger partial charge on any atom is 0.129 e. The summed E-state index contributed by atoms with van der Waals surface area (Å²) in [5.41, 5.74) is 1.18. The van der Waals surface area contributed by atoms with Gasteiger partial charge in [0, 0.05) is 19.1 Å². The Morgan fingerprint density at radius 1 is 1.20 bits per heavy atom. The fraction of sp³-hybridized carbons (Fsp3) is 0.636. The summed E-state index contributed by atoms with van der Waals surface area (Å²) in [6.45, 7) is 6.15. The predicted molar refractivity (Wildman–Crippen MR) is 64.5 cm³/mol. The minimum Gasteiger partial charge on any atom is -0.362 e. The summed E-state index contributed by atoms with van der Waals surface area (Å²) >= 11 is 1.74. The van der Waals surface area contributed by atoms with E-state index < -0.39 is 0 Å². The van der Waals surface area contributed by atoms with Crippen LogP contribution in [0.15, 0.2) is 11.4 Å². The first kappa shape index (κ1) is 12.5. The van der Waals surface area contributed by atoms with Crippen molar-refractivity contribution in [1.82, 2.24) is 0 Å². The minimum absolute atomic E-state index is 0.00764. The van der Waals surface area contributed by atoms with E-state index in [9.17, 15) is 0 Å². The topological polar surface area (TPSA) is 21.7 Å². The molecule has 1 heterocycles. The molecule has 2 atom stereocenters. The molecule has 0 aromatic carbocycles. The lowest BCUT2D eigenvalue weighted by Gasteiger charge is -2.34. The molecule has 1 aromatic rings. The molecular formula is C11H19NO2S. The summed E-state index contributed by atoms with van der Waals surface area (Å²) in [7, 11) is 3.42. The molecule has 1 aromatic heterocycles. The zero-order chi connectivity index (χ0) is 11.4. The fourth-order valence-electron chi connectivity index (χ4n) is 1.56. The van der Waals surface area contributed by atoms with Crippen LogP contribution in [0.3, 0.4) is 0 Å². The quantitative estimate of drug-likeness (QED) is 0.725. The molecule has 0 bridgehead atoms. The van der Waals surface area contributed by atoms with E-state index in [0.29, 0.717) is 0 Å². The molecule has 0 radical (unpaired) electrons. The van der Waals surface area contributed by atoms with Crippen LogP contribution in [0.5, 0.6) is 0 Å². The Morgan fingerprint density at radius 3 is 2.07 bits per heavy atom. The number of ether oxygens (including phenoxy) is 2. The largest absolute Gasteiger partial charge is 0.362 e. The second-order valence-electron chi connectivity index (χ2n) is 3.44. The SMILES string of the molecule is COC(C)N(c1ccsc1C)C(C)OC. The average Bonchev–Trinajstić information content (AvgIpc) is 2.64. The van der Waals surface area contributed by atoms with E-state index >= 15 is 0 Å². The van der Waals surface area contributed by atoms with Crippen molar-refractivity contribution in [3.05, 3.63) is 16.3 Å².